The van der Waals surface area contributed by atoms with E-state index in [2.05, 4.69) is 10.0 Å². The fourth-order valence-corrected chi connectivity index (χ4v) is 4.34. The standard InChI is InChI=1S/C26H22N2O4S/c1-19-18-22(16-17-23(19)27-26(29)20-10-4-2-5-11-20)33(30,31)28-24-14-8-9-15-25(24)32-21-12-6-3-7-13-21/h2-18,28H,1H3,(H,27,29). The van der Waals surface area contributed by atoms with E-state index in [-0.39, 0.29) is 10.8 Å². The number of carbonyl (C=O) groups is 1. The second-order valence-electron chi connectivity index (χ2n) is 7.31. The molecule has 0 spiro atoms. The highest BCUT2D eigenvalue weighted by Gasteiger charge is 2.18. The Balaban J connectivity index is 1.54. The summed E-state index contributed by atoms with van der Waals surface area (Å²) < 4.78 is 34.6. The first-order valence-corrected chi connectivity index (χ1v) is 11.7. The van der Waals surface area contributed by atoms with Crippen LogP contribution in [0.5, 0.6) is 11.5 Å². The number of anilines is 2. The normalized spacial score (nSPS) is 10.9. The summed E-state index contributed by atoms with van der Waals surface area (Å²) in [6.45, 7) is 1.74. The number of hydrogen-bond acceptors (Lipinski definition) is 4. The molecule has 4 rings (SSSR count). The van der Waals surface area contributed by atoms with Gasteiger partial charge in [-0.15, -0.1) is 0 Å². The summed E-state index contributed by atoms with van der Waals surface area (Å²) in [5, 5.41) is 2.82. The Morgan fingerprint density at radius 3 is 2.09 bits per heavy atom. The molecular formula is C26H22N2O4S. The minimum absolute atomic E-state index is 0.0761. The average Bonchev–Trinajstić information content (AvgIpc) is 2.82. The maximum atomic E-state index is 13.1. The van der Waals surface area contributed by atoms with Gasteiger partial charge in [0.1, 0.15) is 5.75 Å². The fourth-order valence-electron chi connectivity index (χ4n) is 3.19. The third kappa shape index (κ3) is 5.39. The molecule has 0 radical (unpaired) electrons. The van der Waals surface area contributed by atoms with E-state index in [1.165, 1.54) is 12.1 Å². The molecule has 2 N–H and O–H groups in total. The monoisotopic (exact) mass is 458 g/mol. The summed E-state index contributed by atoms with van der Waals surface area (Å²) in [4.78, 5) is 12.5. The first-order valence-electron chi connectivity index (χ1n) is 10.2. The van der Waals surface area contributed by atoms with E-state index >= 15 is 0 Å². The maximum Gasteiger partial charge on any atom is 0.262 e. The molecule has 0 saturated heterocycles. The highest BCUT2D eigenvalue weighted by atomic mass is 32.2. The molecule has 6 nitrogen and oxygen atoms in total. The molecule has 0 heterocycles. The Bertz CT molecular complexity index is 1370. The van der Waals surface area contributed by atoms with Gasteiger partial charge in [-0.3, -0.25) is 9.52 Å². The van der Waals surface area contributed by atoms with Crippen molar-refractivity contribution < 1.29 is 17.9 Å². The van der Waals surface area contributed by atoms with Gasteiger partial charge in [0.2, 0.25) is 0 Å². The first-order chi connectivity index (χ1) is 15.9. The van der Waals surface area contributed by atoms with E-state index in [1.807, 2.05) is 24.3 Å². The summed E-state index contributed by atoms with van der Waals surface area (Å²) >= 11 is 0. The van der Waals surface area contributed by atoms with Gasteiger partial charge < -0.3 is 10.1 Å². The number of nitrogens with one attached hydrogen (secondary N) is 2. The van der Waals surface area contributed by atoms with E-state index in [4.69, 9.17) is 4.74 Å². The molecule has 0 fully saturated rings. The lowest BCUT2D eigenvalue weighted by atomic mass is 10.1. The van der Waals surface area contributed by atoms with Crippen LogP contribution in [0, 0.1) is 6.92 Å². The molecule has 0 saturated carbocycles. The summed E-state index contributed by atoms with van der Waals surface area (Å²) in [6, 6.07) is 29.3. The summed E-state index contributed by atoms with van der Waals surface area (Å²) in [6.07, 6.45) is 0. The molecule has 0 aromatic heterocycles. The molecule has 0 aliphatic heterocycles. The van der Waals surface area contributed by atoms with Gasteiger partial charge in [-0.1, -0.05) is 48.5 Å². The van der Waals surface area contributed by atoms with Crippen LogP contribution in [-0.4, -0.2) is 14.3 Å². The molecule has 0 aliphatic carbocycles. The lowest BCUT2D eigenvalue weighted by Crippen LogP contribution is -2.15. The van der Waals surface area contributed by atoms with Crippen molar-refractivity contribution in [3.05, 3.63) is 114 Å². The van der Waals surface area contributed by atoms with Crippen LogP contribution >= 0.6 is 0 Å². The molecule has 166 valence electrons. The smallest absolute Gasteiger partial charge is 0.262 e. The van der Waals surface area contributed by atoms with Crippen LogP contribution in [0.25, 0.3) is 0 Å². The van der Waals surface area contributed by atoms with Crippen molar-refractivity contribution in [1.82, 2.24) is 0 Å². The Morgan fingerprint density at radius 2 is 1.39 bits per heavy atom. The maximum absolute atomic E-state index is 13.1. The zero-order valence-electron chi connectivity index (χ0n) is 17.9. The second-order valence-corrected chi connectivity index (χ2v) is 9.00. The molecule has 7 heteroatoms. The van der Waals surface area contributed by atoms with Crippen molar-refractivity contribution in [2.24, 2.45) is 0 Å². The molecule has 0 atom stereocenters. The summed E-state index contributed by atoms with van der Waals surface area (Å²) in [5.74, 6) is 0.716. The lowest BCUT2D eigenvalue weighted by molar-refractivity contribution is 0.102. The predicted molar refractivity (Wildman–Crippen MR) is 129 cm³/mol. The van der Waals surface area contributed by atoms with E-state index in [1.54, 1.807) is 73.7 Å². The van der Waals surface area contributed by atoms with Gasteiger partial charge in [0.15, 0.2) is 5.75 Å². The van der Waals surface area contributed by atoms with Crippen LogP contribution in [0.15, 0.2) is 108 Å². The Kier molecular flexibility index (Phi) is 6.42. The molecule has 0 aliphatic rings. The molecule has 0 unspecified atom stereocenters. The van der Waals surface area contributed by atoms with Gasteiger partial charge in [0, 0.05) is 11.3 Å². The van der Waals surface area contributed by atoms with Crippen molar-refractivity contribution >= 4 is 27.3 Å². The van der Waals surface area contributed by atoms with Crippen LogP contribution in [0.1, 0.15) is 15.9 Å². The van der Waals surface area contributed by atoms with Crippen molar-refractivity contribution in [2.75, 3.05) is 10.0 Å². The number of ether oxygens (including phenoxy) is 1. The number of sulfonamides is 1. The largest absolute Gasteiger partial charge is 0.455 e. The highest BCUT2D eigenvalue weighted by Crippen LogP contribution is 2.31. The molecule has 33 heavy (non-hydrogen) atoms. The van der Waals surface area contributed by atoms with Crippen LogP contribution < -0.4 is 14.8 Å². The van der Waals surface area contributed by atoms with Crippen LogP contribution in [0.4, 0.5) is 11.4 Å². The number of rotatable bonds is 7. The Morgan fingerprint density at radius 1 is 0.758 bits per heavy atom. The van der Waals surface area contributed by atoms with Crippen molar-refractivity contribution in [3.63, 3.8) is 0 Å². The molecule has 4 aromatic rings. The fraction of sp³-hybridized carbons (Fsp3) is 0.0385. The van der Waals surface area contributed by atoms with Crippen molar-refractivity contribution in [2.45, 2.75) is 11.8 Å². The van der Waals surface area contributed by atoms with Gasteiger partial charge in [0.25, 0.3) is 15.9 Å². The zero-order chi connectivity index (χ0) is 23.3. The quantitative estimate of drug-likeness (QED) is 0.364. The third-order valence-corrected chi connectivity index (χ3v) is 6.26. The number of benzene rings is 4. The summed E-state index contributed by atoms with van der Waals surface area (Å²) in [7, 11) is -3.89. The average molecular weight is 459 g/mol. The predicted octanol–water partition coefficient (Wildman–Crippen LogP) is 5.84. The van der Waals surface area contributed by atoms with E-state index in [9.17, 15) is 13.2 Å². The first kappa shape index (κ1) is 22.1. The Labute approximate surface area is 192 Å². The zero-order valence-corrected chi connectivity index (χ0v) is 18.7. The van der Waals surface area contributed by atoms with Gasteiger partial charge in [-0.05, 0) is 67.1 Å². The van der Waals surface area contributed by atoms with Gasteiger partial charge in [-0.2, -0.15) is 0 Å². The van der Waals surface area contributed by atoms with E-state index in [0.717, 1.165) is 0 Å². The summed E-state index contributed by atoms with van der Waals surface area (Å²) in [5.41, 5.74) is 2.00. The third-order valence-electron chi connectivity index (χ3n) is 4.89. The molecule has 1 amide bonds. The molecular weight excluding hydrogens is 436 g/mol. The van der Waals surface area contributed by atoms with Crippen LogP contribution in [0.3, 0.4) is 0 Å². The van der Waals surface area contributed by atoms with Crippen LogP contribution in [-0.2, 0) is 10.0 Å². The second kappa shape index (κ2) is 9.58. The van der Waals surface area contributed by atoms with E-state index < -0.39 is 10.0 Å². The number of para-hydroxylation sites is 3. The highest BCUT2D eigenvalue weighted by molar-refractivity contribution is 7.92. The number of carbonyl (C=O) groups excluding carboxylic acids is 1. The topological polar surface area (TPSA) is 84.5 Å². The van der Waals surface area contributed by atoms with Crippen LogP contribution in [0.2, 0.25) is 0 Å². The minimum atomic E-state index is -3.89. The number of amides is 1. The van der Waals surface area contributed by atoms with Gasteiger partial charge >= 0.3 is 0 Å². The minimum Gasteiger partial charge on any atom is -0.455 e. The van der Waals surface area contributed by atoms with Gasteiger partial charge in [-0.25, -0.2) is 8.42 Å². The van der Waals surface area contributed by atoms with Gasteiger partial charge in [0.05, 0.1) is 10.6 Å². The molecule has 0 bridgehead atoms. The molecule has 4 aromatic carbocycles. The SMILES string of the molecule is Cc1cc(S(=O)(=O)Nc2ccccc2Oc2ccccc2)ccc1NC(=O)c1ccccc1. The number of hydrogen-bond donors (Lipinski definition) is 2. The van der Waals surface area contributed by atoms with Crippen molar-refractivity contribution in [1.29, 1.82) is 0 Å². The van der Waals surface area contributed by atoms with Crippen molar-refractivity contribution in [3.8, 4) is 11.5 Å². The number of aryl methyl sites for hydroxylation is 1. The Hall–Kier alpha value is -4.10. The lowest BCUT2D eigenvalue weighted by Gasteiger charge is -2.15. The van der Waals surface area contributed by atoms with E-state index in [0.29, 0.717) is 34.0 Å².